The SMILES string of the molecule is CCNC(=NCCCCOCCc1ccccc1)N1CCOC(c2cnn(C)c2)C1. The molecule has 3 rings (SSSR count). The van der Waals surface area contributed by atoms with Crippen LogP contribution in [0.15, 0.2) is 47.7 Å². The number of aliphatic imine (C=N–C) groups is 1. The number of ether oxygens (including phenoxy) is 2. The van der Waals surface area contributed by atoms with E-state index in [-0.39, 0.29) is 6.10 Å². The van der Waals surface area contributed by atoms with Gasteiger partial charge < -0.3 is 19.7 Å². The van der Waals surface area contributed by atoms with Crippen LogP contribution in [0.1, 0.15) is 37.0 Å². The third-order valence-corrected chi connectivity index (χ3v) is 5.13. The molecule has 1 N–H and O–H groups in total. The second-order valence-corrected chi connectivity index (χ2v) is 7.54. The second kappa shape index (κ2) is 12.3. The van der Waals surface area contributed by atoms with E-state index in [4.69, 9.17) is 14.5 Å². The molecule has 0 saturated carbocycles. The Morgan fingerprint density at radius 3 is 2.90 bits per heavy atom. The summed E-state index contributed by atoms with van der Waals surface area (Å²) in [6.07, 6.45) is 6.97. The third-order valence-electron chi connectivity index (χ3n) is 5.13. The Hall–Kier alpha value is -2.38. The lowest BCUT2D eigenvalue weighted by atomic mass is 10.1. The molecule has 1 fully saturated rings. The number of aryl methyl sites for hydroxylation is 1. The zero-order chi connectivity index (χ0) is 21.0. The Kier molecular flexibility index (Phi) is 9.18. The molecule has 1 aromatic carbocycles. The van der Waals surface area contributed by atoms with Gasteiger partial charge in [0, 0.05) is 45.0 Å². The number of aromatic nitrogens is 2. The summed E-state index contributed by atoms with van der Waals surface area (Å²) >= 11 is 0. The fourth-order valence-corrected chi connectivity index (χ4v) is 3.51. The lowest BCUT2D eigenvalue weighted by Gasteiger charge is -2.34. The molecule has 2 aromatic rings. The minimum absolute atomic E-state index is 0.0364. The van der Waals surface area contributed by atoms with Gasteiger partial charge in [0.05, 0.1) is 26.0 Å². The highest BCUT2D eigenvalue weighted by atomic mass is 16.5. The molecular weight excluding hydrogens is 378 g/mol. The van der Waals surface area contributed by atoms with E-state index in [2.05, 4.69) is 46.5 Å². The summed E-state index contributed by atoms with van der Waals surface area (Å²) in [6.45, 7) is 7.67. The van der Waals surface area contributed by atoms with Gasteiger partial charge in [-0.1, -0.05) is 30.3 Å². The van der Waals surface area contributed by atoms with E-state index in [9.17, 15) is 0 Å². The summed E-state index contributed by atoms with van der Waals surface area (Å²) in [5.74, 6) is 0.972. The summed E-state index contributed by atoms with van der Waals surface area (Å²) in [6, 6.07) is 10.5. The van der Waals surface area contributed by atoms with Crippen molar-refractivity contribution < 1.29 is 9.47 Å². The molecule has 1 atom stereocenters. The lowest BCUT2D eigenvalue weighted by Crippen LogP contribution is -2.48. The quantitative estimate of drug-likeness (QED) is 0.369. The van der Waals surface area contributed by atoms with Gasteiger partial charge in [0.15, 0.2) is 5.96 Å². The first-order chi connectivity index (χ1) is 14.8. The van der Waals surface area contributed by atoms with Gasteiger partial charge in [-0.15, -0.1) is 0 Å². The van der Waals surface area contributed by atoms with Crippen LogP contribution in [-0.2, 0) is 22.9 Å². The van der Waals surface area contributed by atoms with Crippen molar-refractivity contribution in [2.75, 3.05) is 46.0 Å². The molecule has 1 aliphatic rings. The molecule has 7 heteroatoms. The second-order valence-electron chi connectivity index (χ2n) is 7.54. The predicted octanol–water partition coefficient (Wildman–Crippen LogP) is 2.80. The van der Waals surface area contributed by atoms with E-state index >= 15 is 0 Å². The largest absolute Gasteiger partial charge is 0.381 e. The molecule has 30 heavy (non-hydrogen) atoms. The molecule has 1 aromatic heterocycles. The van der Waals surface area contributed by atoms with Gasteiger partial charge in [0.25, 0.3) is 0 Å². The number of nitrogens with one attached hydrogen (secondary N) is 1. The standard InChI is InChI=1S/C23H35N5O2/c1-3-24-23(28-13-16-30-22(19-28)21-17-26-27(2)18-21)25-12-7-8-14-29-15-11-20-9-5-4-6-10-20/h4-6,9-10,17-18,22H,3,7-8,11-16,19H2,1-2H3,(H,24,25). The Morgan fingerprint density at radius 2 is 2.13 bits per heavy atom. The Bertz CT molecular complexity index is 762. The molecule has 1 aliphatic heterocycles. The topological polar surface area (TPSA) is 63.9 Å². The van der Waals surface area contributed by atoms with Crippen molar-refractivity contribution in [1.82, 2.24) is 20.0 Å². The first-order valence-corrected chi connectivity index (χ1v) is 11.0. The highest BCUT2D eigenvalue weighted by Crippen LogP contribution is 2.21. The molecule has 0 aliphatic carbocycles. The number of guanidine groups is 1. The van der Waals surface area contributed by atoms with E-state index in [1.54, 1.807) is 0 Å². The first kappa shape index (κ1) is 22.3. The Balaban J connectivity index is 1.37. The maximum atomic E-state index is 5.95. The van der Waals surface area contributed by atoms with E-state index < -0.39 is 0 Å². The zero-order valence-corrected chi connectivity index (χ0v) is 18.3. The maximum Gasteiger partial charge on any atom is 0.194 e. The molecule has 0 amide bonds. The van der Waals surface area contributed by atoms with Gasteiger partial charge in [-0.05, 0) is 31.7 Å². The first-order valence-electron chi connectivity index (χ1n) is 11.0. The number of unbranched alkanes of at least 4 members (excludes halogenated alkanes) is 1. The van der Waals surface area contributed by atoms with Crippen LogP contribution in [0.2, 0.25) is 0 Å². The van der Waals surface area contributed by atoms with Gasteiger partial charge in [-0.25, -0.2) is 0 Å². The van der Waals surface area contributed by atoms with Crippen molar-refractivity contribution in [2.24, 2.45) is 12.0 Å². The van der Waals surface area contributed by atoms with Crippen molar-refractivity contribution in [2.45, 2.75) is 32.3 Å². The predicted molar refractivity (Wildman–Crippen MR) is 120 cm³/mol. The normalized spacial score (nSPS) is 17.3. The van der Waals surface area contributed by atoms with Crippen molar-refractivity contribution in [3.63, 3.8) is 0 Å². The summed E-state index contributed by atoms with van der Waals surface area (Å²) in [4.78, 5) is 7.13. The summed E-state index contributed by atoms with van der Waals surface area (Å²) in [7, 11) is 1.93. The number of rotatable bonds is 10. The molecule has 7 nitrogen and oxygen atoms in total. The Morgan fingerprint density at radius 1 is 1.27 bits per heavy atom. The minimum atomic E-state index is 0.0364. The molecule has 1 unspecified atom stereocenters. The van der Waals surface area contributed by atoms with E-state index in [0.29, 0.717) is 6.61 Å². The lowest BCUT2D eigenvalue weighted by molar-refractivity contribution is -0.00804. The van der Waals surface area contributed by atoms with Gasteiger partial charge in [0.2, 0.25) is 0 Å². The fourth-order valence-electron chi connectivity index (χ4n) is 3.51. The Labute approximate surface area is 180 Å². The third kappa shape index (κ3) is 7.15. The smallest absolute Gasteiger partial charge is 0.194 e. The molecule has 0 radical (unpaired) electrons. The maximum absolute atomic E-state index is 5.95. The fraction of sp³-hybridized carbons (Fsp3) is 0.565. The van der Waals surface area contributed by atoms with Gasteiger partial charge >= 0.3 is 0 Å². The monoisotopic (exact) mass is 413 g/mol. The van der Waals surface area contributed by atoms with Crippen LogP contribution >= 0.6 is 0 Å². The molecule has 1 saturated heterocycles. The van der Waals surface area contributed by atoms with Gasteiger partial charge in [0.1, 0.15) is 6.10 Å². The zero-order valence-electron chi connectivity index (χ0n) is 18.3. The molecule has 2 heterocycles. The van der Waals surface area contributed by atoms with Gasteiger partial charge in [-0.2, -0.15) is 5.10 Å². The van der Waals surface area contributed by atoms with Crippen LogP contribution in [0.4, 0.5) is 0 Å². The summed E-state index contributed by atoms with van der Waals surface area (Å²) < 4.78 is 13.5. The summed E-state index contributed by atoms with van der Waals surface area (Å²) in [5, 5.41) is 7.69. The number of hydrogen-bond donors (Lipinski definition) is 1. The van der Waals surface area contributed by atoms with Gasteiger partial charge in [-0.3, -0.25) is 9.67 Å². The average Bonchev–Trinajstić information content (AvgIpc) is 3.22. The van der Waals surface area contributed by atoms with E-state index in [1.807, 2.05) is 30.2 Å². The average molecular weight is 414 g/mol. The minimum Gasteiger partial charge on any atom is -0.381 e. The molecule has 0 bridgehead atoms. The van der Waals surface area contributed by atoms with Crippen LogP contribution in [-0.4, -0.2) is 66.6 Å². The van der Waals surface area contributed by atoms with E-state index in [1.165, 1.54) is 5.56 Å². The van der Waals surface area contributed by atoms with Crippen molar-refractivity contribution in [3.05, 3.63) is 53.9 Å². The number of nitrogens with zero attached hydrogens (tertiary/aromatic N) is 4. The van der Waals surface area contributed by atoms with Crippen LogP contribution in [0, 0.1) is 0 Å². The number of morpholine rings is 1. The van der Waals surface area contributed by atoms with Crippen LogP contribution in [0.25, 0.3) is 0 Å². The number of benzene rings is 1. The highest BCUT2D eigenvalue weighted by Gasteiger charge is 2.25. The highest BCUT2D eigenvalue weighted by molar-refractivity contribution is 5.80. The van der Waals surface area contributed by atoms with Crippen LogP contribution in [0.3, 0.4) is 0 Å². The van der Waals surface area contributed by atoms with Crippen molar-refractivity contribution in [3.8, 4) is 0 Å². The van der Waals surface area contributed by atoms with Crippen molar-refractivity contribution >= 4 is 5.96 Å². The van der Waals surface area contributed by atoms with E-state index in [0.717, 1.165) is 70.2 Å². The van der Waals surface area contributed by atoms with Crippen LogP contribution in [0.5, 0.6) is 0 Å². The van der Waals surface area contributed by atoms with Crippen LogP contribution < -0.4 is 5.32 Å². The molecule has 0 spiro atoms. The number of hydrogen-bond acceptors (Lipinski definition) is 4. The molecule has 164 valence electrons. The van der Waals surface area contributed by atoms with Crippen molar-refractivity contribution in [1.29, 1.82) is 0 Å². The molecular formula is C23H35N5O2. The summed E-state index contributed by atoms with van der Waals surface area (Å²) in [5.41, 5.74) is 2.44.